The highest BCUT2D eigenvalue weighted by Crippen LogP contribution is 2.06. The molecule has 0 saturated carbocycles. The molecule has 0 aromatic rings. The molecule has 0 aliphatic heterocycles. The van der Waals surface area contributed by atoms with Gasteiger partial charge in [-0.3, -0.25) is 0 Å². The van der Waals surface area contributed by atoms with Crippen molar-refractivity contribution >= 4 is 14.9 Å². The van der Waals surface area contributed by atoms with Crippen LogP contribution in [0, 0.1) is 0 Å². The molecule has 0 heterocycles. The molecular weight excluding hydrogens is 93.7 g/mol. The van der Waals surface area contributed by atoms with Crippen LogP contribution in [0.4, 0.5) is 0 Å². The third-order valence-electron chi connectivity index (χ3n) is 1.48. The zero-order chi connectivity index (χ0) is 5.82. The van der Waals surface area contributed by atoms with Gasteiger partial charge in [0.1, 0.15) is 7.17 Å². The molecule has 0 radical (unpaired) electrons. The molecule has 0 saturated heterocycles. The summed E-state index contributed by atoms with van der Waals surface area (Å²) >= 11 is 0. The number of rotatable bonds is 1. The van der Waals surface area contributed by atoms with E-state index < -0.39 is 0 Å². The van der Waals surface area contributed by atoms with Crippen LogP contribution in [0.1, 0.15) is 12.8 Å². The number of hydrogen-bond donors (Lipinski definition) is 0. The normalized spacial score (nSPS) is 17.8. The first-order valence-corrected chi connectivity index (χ1v) is 3.29. The Kier molecular flexibility index (Phi) is 2.01. The molecule has 1 aliphatic rings. The first-order valence-electron chi connectivity index (χ1n) is 3.29. The van der Waals surface area contributed by atoms with Crippen LogP contribution in [0.25, 0.3) is 0 Å². The molecule has 0 unspecified atom stereocenters. The largest absolute Gasteiger partial charge is 0.118 e. The van der Waals surface area contributed by atoms with Gasteiger partial charge in [-0.25, -0.2) is 0 Å². The third kappa shape index (κ3) is 1.29. The lowest BCUT2D eigenvalue weighted by Gasteiger charge is -2.00. The Morgan fingerprint density at radius 3 is 2.75 bits per heavy atom. The molecule has 0 atom stereocenters. The summed E-state index contributed by atoms with van der Waals surface area (Å²) in [6.45, 7) is 0. The Morgan fingerprint density at radius 2 is 2.38 bits per heavy atom. The molecule has 2 heteroatoms. The Bertz CT molecular complexity index is 124. The van der Waals surface area contributed by atoms with E-state index >= 15 is 0 Å². The number of hydrogen-bond acceptors (Lipinski definition) is 0. The summed E-state index contributed by atoms with van der Waals surface area (Å²) in [4.78, 5) is 0. The van der Waals surface area contributed by atoms with Gasteiger partial charge in [-0.1, -0.05) is 23.7 Å². The van der Waals surface area contributed by atoms with Crippen molar-refractivity contribution in [1.29, 1.82) is 0 Å². The Balaban J connectivity index is 2.51. The molecular formula is C6H10B2. The van der Waals surface area contributed by atoms with Crippen molar-refractivity contribution in [2.75, 3.05) is 0 Å². The zero-order valence-electron chi connectivity index (χ0n) is 5.35. The first-order chi connectivity index (χ1) is 3.93. The molecule has 0 nitrogen and oxygen atoms in total. The summed E-state index contributed by atoms with van der Waals surface area (Å²) in [7, 11) is 3.39. The fourth-order valence-corrected chi connectivity index (χ4v) is 0.930. The minimum Gasteiger partial charge on any atom is -0.0976 e. The number of allylic oxidation sites excluding steroid dienone is 4. The van der Waals surface area contributed by atoms with Crippen molar-refractivity contribution < 1.29 is 0 Å². The van der Waals surface area contributed by atoms with E-state index in [0.29, 0.717) is 0 Å². The topological polar surface area (TPSA) is 0 Å². The van der Waals surface area contributed by atoms with Crippen molar-refractivity contribution in [3.8, 4) is 0 Å². The van der Waals surface area contributed by atoms with Gasteiger partial charge in [-0.2, -0.15) is 0 Å². The van der Waals surface area contributed by atoms with E-state index in [1.807, 2.05) is 0 Å². The van der Waals surface area contributed by atoms with Crippen molar-refractivity contribution in [3.05, 3.63) is 23.7 Å². The summed E-state index contributed by atoms with van der Waals surface area (Å²) in [6.07, 6.45) is 9.28. The molecule has 8 heavy (non-hydrogen) atoms. The predicted molar refractivity (Wildman–Crippen MR) is 42.2 cm³/mol. The van der Waals surface area contributed by atoms with Gasteiger partial charge in [-0.15, -0.1) is 0 Å². The summed E-state index contributed by atoms with van der Waals surface area (Å²) in [5, 5.41) is 0. The maximum Gasteiger partial charge on any atom is 0.118 e. The molecule has 1 rings (SSSR count). The second kappa shape index (κ2) is 2.81. The van der Waals surface area contributed by atoms with E-state index in [1.54, 1.807) is 0 Å². The van der Waals surface area contributed by atoms with Crippen molar-refractivity contribution in [2.24, 2.45) is 0 Å². The van der Waals surface area contributed by atoms with E-state index in [9.17, 15) is 0 Å². The van der Waals surface area contributed by atoms with Crippen LogP contribution >= 0.6 is 0 Å². The van der Waals surface area contributed by atoms with Gasteiger partial charge < -0.3 is 0 Å². The Labute approximate surface area is 52.3 Å². The second-order valence-electron chi connectivity index (χ2n) is 2.11. The molecule has 0 spiro atoms. The van der Waals surface area contributed by atoms with Gasteiger partial charge in [-0.05, 0) is 12.8 Å². The van der Waals surface area contributed by atoms with Crippen LogP contribution in [0.3, 0.4) is 0 Å². The minimum atomic E-state index is 1.19. The quantitative estimate of drug-likeness (QED) is 0.417. The summed E-state index contributed by atoms with van der Waals surface area (Å²) in [5.74, 6) is 0. The monoisotopic (exact) mass is 104 g/mol. The van der Waals surface area contributed by atoms with Crippen molar-refractivity contribution in [2.45, 2.75) is 12.8 Å². The van der Waals surface area contributed by atoms with Crippen LogP contribution in [-0.2, 0) is 0 Å². The lowest BCUT2D eigenvalue weighted by atomic mass is 9.50. The average molecular weight is 104 g/mol. The van der Waals surface area contributed by atoms with Gasteiger partial charge in [0.25, 0.3) is 0 Å². The third-order valence-corrected chi connectivity index (χ3v) is 1.48. The van der Waals surface area contributed by atoms with Crippen LogP contribution in [0.2, 0.25) is 0 Å². The van der Waals surface area contributed by atoms with Crippen molar-refractivity contribution in [1.82, 2.24) is 0 Å². The first kappa shape index (κ1) is 5.74. The van der Waals surface area contributed by atoms with Gasteiger partial charge in [0.2, 0.25) is 0 Å². The minimum absolute atomic E-state index is 1.19. The van der Waals surface area contributed by atoms with E-state index in [2.05, 4.69) is 26.0 Å². The standard InChI is InChI=1S/C6H10B2/c7-8-6-4-2-1-3-5-6/h2,4-5,8H,1,3,7H2. The lowest BCUT2D eigenvalue weighted by Crippen LogP contribution is -1.94. The van der Waals surface area contributed by atoms with E-state index in [0.717, 1.165) is 0 Å². The average Bonchev–Trinajstić information content (AvgIpc) is 1.90. The summed E-state index contributed by atoms with van der Waals surface area (Å²) < 4.78 is 0. The highest BCUT2D eigenvalue weighted by Gasteiger charge is 1.92. The molecule has 0 amide bonds. The zero-order valence-corrected chi connectivity index (χ0v) is 5.35. The fraction of sp³-hybridized carbons (Fsp3) is 0.333. The van der Waals surface area contributed by atoms with Crippen LogP contribution < -0.4 is 0 Å². The molecule has 0 fully saturated rings. The maximum atomic E-state index is 2.32. The molecule has 0 N–H and O–H groups in total. The molecule has 1 aliphatic carbocycles. The van der Waals surface area contributed by atoms with Gasteiger partial charge in [0.15, 0.2) is 0 Å². The summed E-state index contributed by atoms with van der Waals surface area (Å²) in [6, 6.07) is 0. The van der Waals surface area contributed by atoms with Gasteiger partial charge >= 0.3 is 0 Å². The summed E-state index contributed by atoms with van der Waals surface area (Å²) in [5.41, 5.74) is 1.50. The maximum absolute atomic E-state index is 2.32. The molecule has 0 aromatic carbocycles. The predicted octanol–water partition coefficient (Wildman–Crippen LogP) is 0.205. The van der Waals surface area contributed by atoms with Gasteiger partial charge in [0.05, 0.1) is 7.74 Å². The molecule has 0 aromatic heterocycles. The lowest BCUT2D eigenvalue weighted by molar-refractivity contribution is 1.03. The SMILES string of the molecule is BBC1=CCCC=C1. The van der Waals surface area contributed by atoms with E-state index in [1.165, 1.54) is 25.5 Å². The highest BCUT2D eigenvalue weighted by atomic mass is 13.9. The van der Waals surface area contributed by atoms with Crippen molar-refractivity contribution in [3.63, 3.8) is 0 Å². The second-order valence-corrected chi connectivity index (χ2v) is 2.11. The van der Waals surface area contributed by atoms with E-state index in [-0.39, 0.29) is 0 Å². The van der Waals surface area contributed by atoms with E-state index in [4.69, 9.17) is 0 Å². The molecule has 0 bridgehead atoms. The van der Waals surface area contributed by atoms with Crippen LogP contribution in [0.5, 0.6) is 0 Å². The van der Waals surface area contributed by atoms with Crippen LogP contribution in [-0.4, -0.2) is 14.9 Å². The Morgan fingerprint density at radius 1 is 1.50 bits per heavy atom. The smallest absolute Gasteiger partial charge is 0.0976 e. The molecule has 40 valence electrons. The van der Waals surface area contributed by atoms with Crippen LogP contribution in [0.15, 0.2) is 23.7 Å². The Hall–Kier alpha value is -0.390. The highest BCUT2D eigenvalue weighted by molar-refractivity contribution is 6.94. The van der Waals surface area contributed by atoms with Gasteiger partial charge in [0, 0.05) is 0 Å². The fourth-order valence-electron chi connectivity index (χ4n) is 0.930.